The third-order valence-corrected chi connectivity index (χ3v) is 2.23. The van der Waals surface area contributed by atoms with Gasteiger partial charge in [-0.2, -0.15) is 5.26 Å². The van der Waals surface area contributed by atoms with Crippen LogP contribution in [0, 0.1) is 11.3 Å². The van der Waals surface area contributed by atoms with Gasteiger partial charge in [-0.05, 0) is 12.1 Å². The summed E-state index contributed by atoms with van der Waals surface area (Å²) in [6.45, 7) is 4.01. The number of carbonyl (C=O) groups excluding carboxylic acids is 1. The second-order valence-corrected chi connectivity index (χ2v) is 3.52. The fourth-order valence-electron chi connectivity index (χ4n) is 1.33. The van der Waals surface area contributed by atoms with Crippen LogP contribution in [0.3, 0.4) is 0 Å². The molecule has 0 aliphatic heterocycles. The molecular formula is C14H15N3O2. The standard InChI is InChI=1S/C14H15N3O2/c1-3-8-16-10-11(9-15)14(18)17-12-6-4-5-7-13(12)19-2/h3-7,10,16H,1,8H2,2H3,(H,17,18)/b11-10-. The number of rotatable bonds is 6. The average Bonchev–Trinajstić information content (AvgIpc) is 2.44. The van der Waals surface area contributed by atoms with Crippen LogP contribution < -0.4 is 15.4 Å². The molecule has 1 aromatic rings. The summed E-state index contributed by atoms with van der Waals surface area (Å²) in [5.74, 6) is 0.0377. The Morgan fingerprint density at radius 3 is 2.89 bits per heavy atom. The lowest BCUT2D eigenvalue weighted by Crippen LogP contribution is -2.17. The van der Waals surface area contributed by atoms with E-state index in [0.717, 1.165) is 0 Å². The highest BCUT2D eigenvalue weighted by atomic mass is 16.5. The van der Waals surface area contributed by atoms with Crippen molar-refractivity contribution in [3.63, 3.8) is 0 Å². The van der Waals surface area contributed by atoms with E-state index in [2.05, 4.69) is 17.2 Å². The van der Waals surface area contributed by atoms with Crippen molar-refractivity contribution < 1.29 is 9.53 Å². The van der Waals surface area contributed by atoms with E-state index >= 15 is 0 Å². The van der Waals surface area contributed by atoms with Crippen molar-refractivity contribution in [3.8, 4) is 11.8 Å². The first kappa shape index (κ1) is 14.3. The van der Waals surface area contributed by atoms with Gasteiger partial charge in [0.1, 0.15) is 17.4 Å². The molecule has 0 radical (unpaired) electrons. The Hall–Kier alpha value is -2.74. The molecule has 0 aromatic heterocycles. The number of methoxy groups -OCH3 is 1. The van der Waals surface area contributed by atoms with Gasteiger partial charge in [-0.1, -0.05) is 18.2 Å². The van der Waals surface area contributed by atoms with Crippen LogP contribution in [-0.4, -0.2) is 19.6 Å². The number of para-hydroxylation sites is 2. The summed E-state index contributed by atoms with van der Waals surface area (Å²) in [6.07, 6.45) is 2.98. The van der Waals surface area contributed by atoms with Gasteiger partial charge >= 0.3 is 0 Å². The minimum atomic E-state index is -0.497. The lowest BCUT2D eigenvalue weighted by molar-refractivity contribution is -0.112. The fraction of sp³-hybridized carbons (Fsp3) is 0.143. The number of hydrogen-bond donors (Lipinski definition) is 2. The SMILES string of the molecule is C=CCN/C=C(/C#N)C(=O)Nc1ccccc1OC. The molecule has 0 spiro atoms. The van der Waals surface area contributed by atoms with Crippen LogP contribution in [0.1, 0.15) is 0 Å². The molecule has 98 valence electrons. The number of amides is 1. The maximum atomic E-state index is 11.9. The van der Waals surface area contributed by atoms with E-state index in [9.17, 15) is 4.79 Å². The first-order chi connectivity index (χ1) is 9.22. The Morgan fingerprint density at radius 2 is 2.26 bits per heavy atom. The van der Waals surface area contributed by atoms with Crippen molar-refractivity contribution in [1.82, 2.24) is 5.32 Å². The van der Waals surface area contributed by atoms with Gasteiger partial charge in [-0.15, -0.1) is 6.58 Å². The third kappa shape index (κ3) is 4.21. The first-order valence-electron chi connectivity index (χ1n) is 5.61. The zero-order valence-electron chi connectivity index (χ0n) is 10.6. The molecule has 1 rings (SSSR count). The molecule has 0 heterocycles. The van der Waals surface area contributed by atoms with Gasteiger partial charge in [0, 0.05) is 12.7 Å². The maximum Gasteiger partial charge on any atom is 0.267 e. The molecule has 0 fully saturated rings. The molecular weight excluding hydrogens is 242 g/mol. The minimum absolute atomic E-state index is 0.0206. The normalized spacial score (nSPS) is 10.2. The average molecular weight is 257 g/mol. The van der Waals surface area contributed by atoms with Crippen LogP contribution in [0.2, 0.25) is 0 Å². The Kier molecular flexibility index (Phi) is 5.70. The number of nitriles is 1. The topological polar surface area (TPSA) is 74.2 Å². The fourth-order valence-corrected chi connectivity index (χ4v) is 1.33. The molecule has 0 aliphatic carbocycles. The molecule has 0 atom stereocenters. The summed E-state index contributed by atoms with van der Waals surface area (Å²) in [7, 11) is 1.51. The summed E-state index contributed by atoms with van der Waals surface area (Å²) in [5, 5.41) is 14.3. The van der Waals surface area contributed by atoms with Crippen LogP contribution in [0.4, 0.5) is 5.69 Å². The molecule has 5 nitrogen and oxygen atoms in total. The van der Waals surface area contributed by atoms with E-state index in [-0.39, 0.29) is 5.57 Å². The summed E-state index contributed by atoms with van der Waals surface area (Å²) >= 11 is 0. The smallest absolute Gasteiger partial charge is 0.267 e. The second kappa shape index (κ2) is 7.56. The molecule has 1 amide bonds. The predicted molar refractivity (Wildman–Crippen MR) is 73.5 cm³/mol. The van der Waals surface area contributed by atoms with Gasteiger partial charge in [-0.25, -0.2) is 0 Å². The second-order valence-electron chi connectivity index (χ2n) is 3.52. The van der Waals surface area contributed by atoms with Crippen LogP contribution >= 0.6 is 0 Å². The van der Waals surface area contributed by atoms with Crippen molar-refractivity contribution >= 4 is 11.6 Å². The van der Waals surface area contributed by atoms with Crippen molar-refractivity contribution in [2.45, 2.75) is 0 Å². The largest absolute Gasteiger partial charge is 0.495 e. The molecule has 19 heavy (non-hydrogen) atoms. The van der Waals surface area contributed by atoms with E-state index in [1.807, 2.05) is 6.07 Å². The highest BCUT2D eigenvalue weighted by Gasteiger charge is 2.11. The molecule has 2 N–H and O–H groups in total. The third-order valence-electron chi connectivity index (χ3n) is 2.23. The molecule has 0 saturated carbocycles. The van der Waals surface area contributed by atoms with Crippen LogP contribution in [0.15, 0.2) is 48.7 Å². The Balaban J connectivity index is 2.80. The zero-order valence-corrected chi connectivity index (χ0v) is 10.6. The van der Waals surface area contributed by atoms with Crippen molar-refractivity contribution in [2.24, 2.45) is 0 Å². The van der Waals surface area contributed by atoms with E-state index in [0.29, 0.717) is 18.0 Å². The van der Waals surface area contributed by atoms with Crippen LogP contribution in [-0.2, 0) is 4.79 Å². The van der Waals surface area contributed by atoms with Gasteiger partial charge in [0.15, 0.2) is 0 Å². The lowest BCUT2D eigenvalue weighted by atomic mass is 10.2. The number of ether oxygens (including phenoxy) is 1. The first-order valence-corrected chi connectivity index (χ1v) is 5.61. The molecule has 1 aromatic carbocycles. The van der Waals surface area contributed by atoms with Gasteiger partial charge in [0.05, 0.1) is 12.8 Å². The predicted octanol–water partition coefficient (Wildman–Crippen LogP) is 1.82. The summed E-state index contributed by atoms with van der Waals surface area (Å²) in [4.78, 5) is 11.9. The molecule has 0 unspecified atom stereocenters. The van der Waals surface area contributed by atoms with Crippen molar-refractivity contribution in [2.75, 3.05) is 19.0 Å². The maximum absolute atomic E-state index is 11.9. The van der Waals surface area contributed by atoms with E-state index in [4.69, 9.17) is 10.00 Å². The summed E-state index contributed by atoms with van der Waals surface area (Å²) in [6, 6.07) is 8.81. The van der Waals surface area contributed by atoms with Crippen molar-refractivity contribution in [3.05, 3.63) is 48.7 Å². The highest BCUT2D eigenvalue weighted by molar-refractivity contribution is 6.07. The monoisotopic (exact) mass is 257 g/mol. The van der Waals surface area contributed by atoms with Crippen LogP contribution in [0.25, 0.3) is 0 Å². The van der Waals surface area contributed by atoms with E-state index in [1.165, 1.54) is 13.3 Å². The van der Waals surface area contributed by atoms with Crippen molar-refractivity contribution in [1.29, 1.82) is 5.26 Å². The zero-order chi connectivity index (χ0) is 14.1. The quantitative estimate of drug-likeness (QED) is 0.353. The summed E-state index contributed by atoms with van der Waals surface area (Å²) in [5.41, 5.74) is 0.493. The number of anilines is 1. The van der Waals surface area contributed by atoms with Crippen LogP contribution in [0.5, 0.6) is 5.75 Å². The summed E-state index contributed by atoms with van der Waals surface area (Å²) < 4.78 is 5.11. The number of nitrogens with zero attached hydrogens (tertiary/aromatic N) is 1. The molecule has 0 saturated heterocycles. The minimum Gasteiger partial charge on any atom is -0.495 e. The Bertz CT molecular complexity index is 530. The number of carbonyl (C=O) groups is 1. The van der Waals surface area contributed by atoms with Gasteiger partial charge < -0.3 is 15.4 Å². The number of hydrogen-bond acceptors (Lipinski definition) is 4. The molecule has 5 heteroatoms. The number of nitrogens with one attached hydrogen (secondary N) is 2. The van der Waals surface area contributed by atoms with E-state index in [1.54, 1.807) is 30.3 Å². The lowest BCUT2D eigenvalue weighted by Gasteiger charge is -2.09. The van der Waals surface area contributed by atoms with Gasteiger partial charge in [-0.3, -0.25) is 4.79 Å². The Morgan fingerprint density at radius 1 is 1.53 bits per heavy atom. The Labute approximate surface area is 112 Å². The van der Waals surface area contributed by atoms with E-state index < -0.39 is 5.91 Å². The molecule has 0 aliphatic rings. The van der Waals surface area contributed by atoms with Gasteiger partial charge in [0.25, 0.3) is 5.91 Å². The highest BCUT2D eigenvalue weighted by Crippen LogP contribution is 2.23. The molecule has 0 bridgehead atoms. The number of benzene rings is 1. The van der Waals surface area contributed by atoms with Gasteiger partial charge in [0.2, 0.25) is 0 Å².